The molecular weight excluding hydrogens is 224 g/mol. The summed E-state index contributed by atoms with van der Waals surface area (Å²) in [6.07, 6.45) is 8.99. The Bertz CT molecular complexity index is 331. The summed E-state index contributed by atoms with van der Waals surface area (Å²) >= 11 is 2.02. The van der Waals surface area contributed by atoms with Gasteiger partial charge in [0.2, 0.25) is 0 Å². The lowest BCUT2D eigenvalue weighted by Gasteiger charge is -2.30. The standard InChI is InChI=1S/C16H22S/c1-2-8-14-9-6-7-10-15(14)13-17-16-11-4-3-5-12-16/h2-5,11-12,14-15H,1,6-10,13H2/t14-,15+/m0/s1. The second-order valence-corrected chi connectivity index (χ2v) is 6.05. The second kappa shape index (κ2) is 6.90. The van der Waals surface area contributed by atoms with E-state index >= 15 is 0 Å². The van der Waals surface area contributed by atoms with Crippen LogP contribution >= 0.6 is 11.8 Å². The molecule has 1 heteroatoms. The second-order valence-electron chi connectivity index (χ2n) is 4.95. The van der Waals surface area contributed by atoms with E-state index in [1.807, 2.05) is 11.8 Å². The molecule has 0 aliphatic heterocycles. The van der Waals surface area contributed by atoms with Crippen molar-refractivity contribution in [1.29, 1.82) is 0 Å². The smallest absolute Gasteiger partial charge is 0.00720 e. The first-order chi connectivity index (χ1) is 8.40. The van der Waals surface area contributed by atoms with E-state index in [1.165, 1.54) is 42.8 Å². The number of benzene rings is 1. The predicted octanol–water partition coefficient (Wildman–Crippen LogP) is 5.16. The Labute approximate surface area is 110 Å². The maximum atomic E-state index is 3.90. The van der Waals surface area contributed by atoms with Crippen LogP contribution in [0.25, 0.3) is 0 Å². The zero-order chi connectivity index (χ0) is 11.9. The largest absolute Gasteiger partial charge is 0.126 e. The molecule has 1 saturated carbocycles. The number of allylic oxidation sites excluding steroid dienone is 1. The van der Waals surface area contributed by atoms with Crippen LogP contribution in [-0.4, -0.2) is 5.75 Å². The summed E-state index contributed by atoms with van der Waals surface area (Å²) < 4.78 is 0. The molecule has 2 atom stereocenters. The molecule has 1 aliphatic rings. The summed E-state index contributed by atoms with van der Waals surface area (Å²) in [5.41, 5.74) is 0. The van der Waals surface area contributed by atoms with Crippen LogP contribution in [-0.2, 0) is 0 Å². The number of rotatable bonds is 5. The van der Waals surface area contributed by atoms with Crippen molar-refractivity contribution in [2.45, 2.75) is 37.0 Å². The molecule has 0 amide bonds. The molecule has 0 bridgehead atoms. The number of hydrogen-bond donors (Lipinski definition) is 0. The highest BCUT2D eigenvalue weighted by Gasteiger charge is 2.23. The monoisotopic (exact) mass is 246 g/mol. The molecule has 1 aliphatic carbocycles. The van der Waals surface area contributed by atoms with Gasteiger partial charge in [-0.25, -0.2) is 0 Å². The lowest BCUT2D eigenvalue weighted by Crippen LogP contribution is -2.21. The van der Waals surface area contributed by atoms with Gasteiger partial charge < -0.3 is 0 Å². The van der Waals surface area contributed by atoms with Crippen molar-refractivity contribution >= 4 is 11.8 Å². The molecule has 1 aromatic carbocycles. The van der Waals surface area contributed by atoms with Gasteiger partial charge in [0.15, 0.2) is 0 Å². The van der Waals surface area contributed by atoms with Gasteiger partial charge in [0.05, 0.1) is 0 Å². The topological polar surface area (TPSA) is 0 Å². The van der Waals surface area contributed by atoms with E-state index in [-0.39, 0.29) is 0 Å². The van der Waals surface area contributed by atoms with Crippen molar-refractivity contribution < 1.29 is 0 Å². The molecule has 17 heavy (non-hydrogen) atoms. The van der Waals surface area contributed by atoms with Gasteiger partial charge in [-0.3, -0.25) is 0 Å². The fraction of sp³-hybridized carbons (Fsp3) is 0.500. The van der Waals surface area contributed by atoms with Crippen molar-refractivity contribution in [3.05, 3.63) is 43.0 Å². The Morgan fingerprint density at radius 1 is 1.12 bits per heavy atom. The minimum atomic E-state index is 0.887. The van der Waals surface area contributed by atoms with E-state index in [9.17, 15) is 0 Å². The third-order valence-electron chi connectivity index (χ3n) is 3.74. The van der Waals surface area contributed by atoms with Gasteiger partial charge in [0, 0.05) is 10.6 Å². The molecule has 92 valence electrons. The zero-order valence-electron chi connectivity index (χ0n) is 10.5. The summed E-state index contributed by atoms with van der Waals surface area (Å²) in [7, 11) is 0. The molecule has 1 fully saturated rings. The van der Waals surface area contributed by atoms with E-state index in [2.05, 4.69) is 43.0 Å². The van der Waals surface area contributed by atoms with Crippen LogP contribution < -0.4 is 0 Å². The van der Waals surface area contributed by atoms with Gasteiger partial charge in [-0.2, -0.15) is 0 Å². The van der Waals surface area contributed by atoms with E-state index in [0.717, 1.165) is 11.8 Å². The minimum Gasteiger partial charge on any atom is -0.126 e. The molecule has 0 unspecified atom stereocenters. The summed E-state index contributed by atoms with van der Waals surface area (Å²) in [6, 6.07) is 10.8. The molecule has 0 saturated heterocycles. The number of thioether (sulfide) groups is 1. The Morgan fingerprint density at radius 3 is 2.53 bits per heavy atom. The molecule has 0 nitrogen and oxygen atoms in total. The average molecular weight is 246 g/mol. The van der Waals surface area contributed by atoms with Crippen LogP contribution in [0.3, 0.4) is 0 Å². The van der Waals surface area contributed by atoms with Crippen LogP contribution in [0.1, 0.15) is 32.1 Å². The van der Waals surface area contributed by atoms with Crippen molar-refractivity contribution in [3.63, 3.8) is 0 Å². The Kier molecular flexibility index (Phi) is 5.18. The molecule has 2 rings (SSSR count). The van der Waals surface area contributed by atoms with Crippen LogP contribution in [0.4, 0.5) is 0 Å². The van der Waals surface area contributed by atoms with Crippen LogP contribution in [0.15, 0.2) is 47.9 Å². The van der Waals surface area contributed by atoms with Gasteiger partial charge in [0.1, 0.15) is 0 Å². The molecule has 0 aromatic heterocycles. The third-order valence-corrected chi connectivity index (χ3v) is 4.94. The summed E-state index contributed by atoms with van der Waals surface area (Å²) in [5, 5.41) is 0. The van der Waals surface area contributed by atoms with E-state index < -0.39 is 0 Å². The quantitative estimate of drug-likeness (QED) is 0.511. The zero-order valence-corrected chi connectivity index (χ0v) is 11.3. The molecule has 0 N–H and O–H groups in total. The lowest BCUT2D eigenvalue weighted by atomic mass is 9.78. The van der Waals surface area contributed by atoms with Crippen molar-refractivity contribution in [2.24, 2.45) is 11.8 Å². The molecule has 1 aromatic rings. The Balaban J connectivity index is 1.86. The number of hydrogen-bond acceptors (Lipinski definition) is 1. The first kappa shape index (κ1) is 12.8. The summed E-state index contributed by atoms with van der Waals surface area (Å²) in [6.45, 7) is 3.90. The SMILES string of the molecule is C=CC[C@H]1CCCC[C@@H]1CSc1ccccc1. The van der Waals surface area contributed by atoms with Crippen LogP contribution in [0, 0.1) is 11.8 Å². The van der Waals surface area contributed by atoms with Gasteiger partial charge in [0.25, 0.3) is 0 Å². The highest BCUT2D eigenvalue weighted by atomic mass is 32.2. The summed E-state index contributed by atoms with van der Waals surface area (Å²) in [4.78, 5) is 1.41. The Morgan fingerprint density at radius 2 is 1.82 bits per heavy atom. The Hall–Kier alpha value is -0.690. The van der Waals surface area contributed by atoms with Crippen LogP contribution in [0.5, 0.6) is 0 Å². The van der Waals surface area contributed by atoms with Gasteiger partial charge in [-0.05, 0) is 43.2 Å². The van der Waals surface area contributed by atoms with Gasteiger partial charge >= 0.3 is 0 Å². The van der Waals surface area contributed by atoms with Crippen molar-refractivity contribution in [1.82, 2.24) is 0 Å². The maximum absolute atomic E-state index is 3.90. The van der Waals surface area contributed by atoms with E-state index in [4.69, 9.17) is 0 Å². The molecule has 0 heterocycles. The first-order valence-electron chi connectivity index (χ1n) is 6.69. The first-order valence-corrected chi connectivity index (χ1v) is 7.67. The average Bonchev–Trinajstić information content (AvgIpc) is 2.39. The molecule has 0 radical (unpaired) electrons. The van der Waals surface area contributed by atoms with Gasteiger partial charge in [-0.1, -0.05) is 37.1 Å². The highest BCUT2D eigenvalue weighted by molar-refractivity contribution is 7.99. The maximum Gasteiger partial charge on any atom is 0.00720 e. The van der Waals surface area contributed by atoms with Crippen molar-refractivity contribution in [3.8, 4) is 0 Å². The molecule has 0 spiro atoms. The third kappa shape index (κ3) is 3.92. The summed E-state index contributed by atoms with van der Waals surface area (Å²) in [5.74, 6) is 3.06. The molecular formula is C16H22S. The lowest BCUT2D eigenvalue weighted by molar-refractivity contribution is 0.263. The normalized spacial score (nSPS) is 24.5. The highest BCUT2D eigenvalue weighted by Crippen LogP contribution is 2.36. The fourth-order valence-electron chi connectivity index (χ4n) is 2.75. The van der Waals surface area contributed by atoms with Crippen molar-refractivity contribution in [2.75, 3.05) is 5.75 Å². The predicted molar refractivity (Wildman–Crippen MR) is 77.4 cm³/mol. The van der Waals surface area contributed by atoms with E-state index in [0.29, 0.717) is 0 Å². The van der Waals surface area contributed by atoms with Gasteiger partial charge in [-0.15, -0.1) is 18.3 Å². The fourth-order valence-corrected chi connectivity index (χ4v) is 3.94. The van der Waals surface area contributed by atoms with Crippen LogP contribution in [0.2, 0.25) is 0 Å². The van der Waals surface area contributed by atoms with E-state index in [1.54, 1.807) is 0 Å². The minimum absolute atomic E-state index is 0.887.